The molecule has 0 bridgehead atoms. The third-order valence-electron chi connectivity index (χ3n) is 6.15. The molecule has 1 heterocycles. The smallest absolute Gasteiger partial charge is 0.310 e. The second kappa shape index (κ2) is 11.4. The number of carbonyl (C=O) groups is 2. The van der Waals surface area contributed by atoms with Gasteiger partial charge in [0.1, 0.15) is 5.69 Å². The third-order valence-corrected chi connectivity index (χ3v) is 7.50. The summed E-state index contributed by atoms with van der Waals surface area (Å²) >= 11 is 0. The van der Waals surface area contributed by atoms with Crippen molar-refractivity contribution in [2.45, 2.75) is 38.6 Å². The van der Waals surface area contributed by atoms with Crippen LogP contribution in [-0.4, -0.2) is 36.7 Å². The Hall–Kier alpha value is -4.24. The molecule has 38 heavy (non-hydrogen) atoms. The summed E-state index contributed by atoms with van der Waals surface area (Å²) in [6, 6.07) is 22.4. The van der Waals surface area contributed by atoms with E-state index in [2.05, 4.69) is 9.82 Å². The number of sulfonamides is 1. The van der Waals surface area contributed by atoms with Gasteiger partial charge in [-0.2, -0.15) is 5.10 Å². The van der Waals surface area contributed by atoms with Crippen molar-refractivity contribution < 1.29 is 22.7 Å². The number of esters is 1. The van der Waals surface area contributed by atoms with Gasteiger partial charge in [-0.25, -0.2) is 13.1 Å². The lowest BCUT2D eigenvalue weighted by molar-refractivity contribution is -0.142. The van der Waals surface area contributed by atoms with Crippen LogP contribution in [0.1, 0.15) is 39.7 Å². The van der Waals surface area contributed by atoms with Crippen LogP contribution in [0.4, 0.5) is 0 Å². The number of aromatic nitrogens is 2. The van der Waals surface area contributed by atoms with E-state index in [-0.39, 0.29) is 29.5 Å². The van der Waals surface area contributed by atoms with Crippen LogP contribution in [0.15, 0.2) is 83.8 Å². The number of hydrogen-bond donors (Lipinski definition) is 1. The maximum Gasteiger partial charge on any atom is 0.310 e. The molecule has 0 atom stereocenters. The molecule has 0 aliphatic heterocycles. The van der Waals surface area contributed by atoms with Crippen molar-refractivity contribution in [3.63, 3.8) is 0 Å². The van der Waals surface area contributed by atoms with Gasteiger partial charge in [0.2, 0.25) is 0 Å². The maximum atomic E-state index is 13.3. The minimum Gasteiger partial charge on any atom is -0.466 e. The number of hydrogen-bond acceptors (Lipinski definition) is 6. The summed E-state index contributed by atoms with van der Waals surface area (Å²) in [5, 5.41) is 4.67. The highest BCUT2D eigenvalue weighted by Crippen LogP contribution is 2.23. The molecule has 3 aromatic carbocycles. The van der Waals surface area contributed by atoms with Gasteiger partial charge in [-0.15, -0.1) is 0 Å². The molecule has 0 radical (unpaired) electrons. The second-order valence-electron chi connectivity index (χ2n) is 8.87. The molecule has 0 saturated carbocycles. The molecule has 0 aliphatic carbocycles. The predicted molar refractivity (Wildman–Crippen MR) is 144 cm³/mol. The SMILES string of the molecule is CCOC(=O)Cc1ccc(-c2cc(C(=O)NS(=O)(=O)c3ccccc3)n(Cc3c(C)cccc3C)n2)cc1. The Morgan fingerprint density at radius 1 is 0.921 bits per heavy atom. The third kappa shape index (κ3) is 6.18. The minimum atomic E-state index is -4.08. The summed E-state index contributed by atoms with van der Waals surface area (Å²) < 4.78 is 34.4. The molecule has 0 unspecified atom stereocenters. The number of amides is 1. The lowest BCUT2D eigenvalue weighted by atomic mass is 10.0. The number of carbonyl (C=O) groups excluding carboxylic acids is 2. The summed E-state index contributed by atoms with van der Waals surface area (Å²) in [6.07, 6.45) is 0.153. The lowest BCUT2D eigenvalue weighted by Gasteiger charge is -2.13. The van der Waals surface area contributed by atoms with E-state index >= 15 is 0 Å². The molecule has 4 aromatic rings. The monoisotopic (exact) mass is 531 g/mol. The Kier molecular flexibility index (Phi) is 8.07. The Morgan fingerprint density at radius 2 is 1.58 bits per heavy atom. The first kappa shape index (κ1) is 26.8. The van der Waals surface area contributed by atoms with Gasteiger partial charge in [-0.1, -0.05) is 60.7 Å². The predicted octanol–water partition coefficient (Wildman–Crippen LogP) is 4.44. The van der Waals surface area contributed by atoms with E-state index < -0.39 is 15.9 Å². The number of benzene rings is 3. The van der Waals surface area contributed by atoms with Crippen LogP contribution in [0.3, 0.4) is 0 Å². The summed E-state index contributed by atoms with van der Waals surface area (Å²) in [7, 11) is -4.08. The van der Waals surface area contributed by atoms with Gasteiger partial charge in [0, 0.05) is 5.56 Å². The fourth-order valence-electron chi connectivity index (χ4n) is 4.11. The number of nitrogens with zero attached hydrogens (tertiary/aromatic N) is 2. The van der Waals surface area contributed by atoms with Crippen molar-refractivity contribution >= 4 is 21.9 Å². The van der Waals surface area contributed by atoms with Crippen LogP contribution in [-0.2, 0) is 32.5 Å². The number of ether oxygens (including phenoxy) is 1. The highest BCUT2D eigenvalue weighted by Gasteiger charge is 2.23. The summed E-state index contributed by atoms with van der Waals surface area (Å²) in [5.74, 6) is -1.09. The van der Waals surface area contributed by atoms with Crippen LogP contribution in [0, 0.1) is 13.8 Å². The first-order valence-electron chi connectivity index (χ1n) is 12.2. The highest BCUT2D eigenvalue weighted by molar-refractivity contribution is 7.90. The molecule has 9 heteroatoms. The summed E-state index contributed by atoms with van der Waals surface area (Å²) in [5.41, 5.74) is 5.18. The van der Waals surface area contributed by atoms with E-state index in [9.17, 15) is 18.0 Å². The maximum absolute atomic E-state index is 13.3. The molecule has 196 valence electrons. The number of nitrogens with one attached hydrogen (secondary N) is 1. The normalized spacial score (nSPS) is 11.2. The zero-order valence-electron chi connectivity index (χ0n) is 21.5. The van der Waals surface area contributed by atoms with E-state index in [4.69, 9.17) is 4.74 Å². The van der Waals surface area contributed by atoms with Crippen molar-refractivity contribution in [2.75, 3.05) is 6.61 Å². The van der Waals surface area contributed by atoms with Crippen LogP contribution in [0.2, 0.25) is 0 Å². The molecular formula is C29H29N3O5S. The average molecular weight is 532 g/mol. The van der Waals surface area contributed by atoms with Crippen LogP contribution in [0.25, 0.3) is 11.3 Å². The van der Waals surface area contributed by atoms with Gasteiger partial charge in [-0.05, 0) is 61.2 Å². The Morgan fingerprint density at radius 3 is 2.21 bits per heavy atom. The number of rotatable bonds is 9. The van der Waals surface area contributed by atoms with Crippen LogP contribution >= 0.6 is 0 Å². The first-order valence-corrected chi connectivity index (χ1v) is 13.7. The molecule has 4 rings (SSSR count). The molecular weight excluding hydrogens is 502 g/mol. The molecule has 1 N–H and O–H groups in total. The lowest BCUT2D eigenvalue weighted by Crippen LogP contribution is -2.32. The number of aryl methyl sites for hydroxylation is 2. The standard InChI is InChI=1S/C29H29N3O5S/c1-4-37-28(33)17-22-13-15-23(16-14-22)26-18-27(29(34)31-38(35,36)24-11-6-5-7-12-24)32(30-26)19-25-20(2)9-8-10-21(25)3/h5-16,18H,4,17,19H2,1-3H3,(H,31,34). The molecule has 1 aromatic heterocycles. The van der Waals surface area contributed by atoms with E-state index in [1.807, 2.05) is 44.2 Å². The highest BCUT2D eigenvalue weighted by atomic mass is 32.2. The molecule has 0 saturated heterocycles. The Labute approximate surface area is 222 Å². The van der Waals surface area contributed by atoms with Gasteiger partial charge >= 0.3 is 5.97 Å². The zero-order chi connectivity index (χ0) is 27.3. The topological polar surface area (TPSA) is 107 Å². The van der Waals surface area contributed by atoms with Gasteiger partial charge in [0.05, 0.1) is 30.2 Å². The van der Waals surface area contributed by atoms with Crippen molar-refractivity contribution in [1.29, 1.82) is 0 Å². The van der Waals surface area contributed by atoms with Crippen molar-refractivity contribution in [1.82, 2.24) is 14.5 Å². The van der Waals surface area contributed by atoms with E-state index in [1.54, 1.807) is 43.3 Å². The average Bonchev–Trinajstić information content (AvgIpc) is 3.31. The van der Waals surface area contributed by atoms with Gasteiger partial charge in [0.25, 0.3) is 15.9 Å². The zero-order valence-corrected chi connectivity index (χ0v) is 22.3. The van der Waals surface area contributed by atoms with Crippen molar-refractivity contribution in [3.8, 4) is 11.3 Å². The Bertz CT molecular complexity index is 1540. The summed E-state index contributed by atoms with van der Waals surface area (Å²) in [6.45, 7) is 6.32. The molecule has 0 spiro atoms. The molecule has 0 fully saturated rings. The largest absolute Gasteiger partial charge is 0.466 e. The fourth-order valence-corrected chi connectivity index (χ4v) is 5.10. The quantitative estimate of drug-likeness (QED) is 0.320. The van der Waals surface area contributed by atoms with Gasteiger partial charge in [0.15, 0.2) is 0 Å². The first-order chi connectivity index (χ1) is 18.2. The van der Waals surface area contributed by atoms with Gasteiger partial charge < -0.3 is 4.74 Å². The van der Waals surface area contributed by atoms with Gasteiger partial charge in [-0.3, -0.25) is 14.3 Å². The molecule has 8 nitrogen and oxygen atoms in total. The van der Waals surface area contributed by atoms with Crippen LogP contribution < -0.4 is 4.72 Å². The van der Waals surface area contributed by atoms with E-state index in [0.717, 1.165) is 27.8 Å². The summed E-state index contributed by atoms with van der Waals surface area (Å²) in [4.78, 5) is 25.1. The van der Waals surface area contributed by atoms with E-state index in [1.165, 1.54) is 16.8 Å². The fraction of sp³-hybridized carbons (Fsp3) is 0.207. The molecule has 1 amide bonds. The van der Waals surface area contributed by atoms with Crippen molar-refractivity contribution in [2.24, 2.45) is 0 Å². The molecule has 0 aliphatic rings. The van der Waals surface area contributed by atoms with E-state index in [0.29, 0.717) is 12.3 Å². The Balaban J connectivity index is 1.69. The van der Waals surface area contributed by atoms with Crippen molar-refractivity contribution in [3.05, 3.63) is 107 Å². The minimum absolute atomic E-state index is 0.00780. The van der Waals surface area contributed by atoms with Crippen LogP contribution in [0.5, 0.6) is 0 Å². The second-order valence-corrected chi connectivity index (χ2v) is 10.6.